The van der Waals surface area contributed by atoms with E-state index in [0.717, 1.165) is 38.0 Å². The van der Waals surface area contributed by atoms with E-state index in [0.29, 0.717) is 31.5 Å². The van der Waals surface area contributed by atoms with Gasteiger partial charge in [0, 0.05) is 55.9 Å². The highest BCUT2D eigenvalue weighted by Gasteiger charge is 2.55. The number of piperidine rings is 1. The van der Waals surface area contributed by atoms with Gasteiger partial charge in [-0.1, -0.05) is 30.3 Å². The zero-order valence-electron chi connectivity index (χ0n) is 22.4. The fourth-order valence-electron chi connectivity index (χ4n) is 6.56. The van der Waals surface area contributed by atoms with Crippen molar-refractivity contribution in [1.29, 1.82) is 0 Å². The largest absolute Gasteiger partial charge is 0.416 e. The molecule has 1 aliphatic carbocycles. The Labute approximate surface area is 222 Å². The second kappa shape index (κ2) is 9.94. The number of hydrogen-bond acceptors (Lipinski definition) is 3. The molecule has 0 spiro atoms. The van der Waals surface area contributed by atoms with Gasteiger partial charge in [-0.15, -0.1) is 0 Å². The van der Waals surface area contributed by atoms with Crippen LogP contribution in [0.5, 0.6) is 0 Å². The lowest BCUT2D eigenvalue weighted by atomic mass is 9.85. The SMILES string of the molecule is C[C@H]1CN(C2(C)CCN(C(=O)C3(c4ccccc4F)CC3)CC2)CCN1[C@@H](C)c1ccc(C(F)(F)F)cc1. The fourth-order valence-corrected chi connectivity index (χ4v) is 6.56. The minimum Gasteiger partial charge on any atom is -0.342 e. The predicted octanol–water partition coefficient (Wildman–Crippen LogP) is 6.02. The van der Waals surface area contributed by atoms with E-state index in [1.165, 1.54) is 18.2 Å². The van der Waals surface area contributed by atoms with Crippen LogP contribution in [0.25, 0.3) is 0 Å². The first-order valence-corrected chi connectivity index (χ1v) is 13.7. The van der Waals surface area contributed by atoms with Gasteiger partial charge in [0.25, 0.3) is 0 Å². The molecular formula is C30H37F4N3O. The van der Waals surface area contributed by atoms with Crippen LogP contribution in [0.15, 0.2) is 48.5 Å². The third-order valence-electron chi connectivity index (χ3n) is 9.34. The van der Waals surface area contributed by atoms with Gasteiger partial charge < -0.3 is 4.90 Å². The Morgan fingerprint density at radius 3 is 2.13 bits per heavy atom. The lowest BCUT2D eigenvalue weighted by molar-refractivity contribution is -0.138. The number of hydrogen-bond donors (Lipinski definition) is 0. The van der Waals surface area contributed by atoms with Gasteiger partial charge in [0.15, 0.2) is 0 Å². The molecule has 1 amide bonds. The maximum atomic E-state index is 14.5. The number of rotatable bonds is 5. The van der Waals surface area contributed by atoms with Crippen LogP contribution in [0.4, 0.5) is 17.6 Å². The minimum atomic E-state index is -4.33. The summed E-state index contributed by atoms with van der Waals surface area (Å²) in [6.45, 7) is 10.4. The second-order valence-electron chi connectivity index (χ2n) is 11.7. The van der Waals surface area contributed by atoms with Crippen molar-refractivity contribution in [3.05, 3.63) is 71.0 Å². The highest BCUT2D eigenvalue weighted by molar-refractivity contribution is 5.91. The van der Waals surface area contributed by atoms with Gasteiger partial charge in [-0.3, -0.25) is 14.6 Å². The monoisotopic (exact) mass is 531 g/mol. The molecule has 2 saturated heterocycles. The standard InChI is InChI=1S/C30H37F4N3O/c1-21-20-36(18-19-37(21)22(2)23-8-10-24(11-9-23)30(32,33)34)28(3)14-16-35(17-15-28)27(38)29(12-13-29)25-6-4-5-7-26(25)31/h4-11,21-22H,12-20H2,1-3H3/t21-,22-/m0/s1. The van der Waals surface area contributed by atoms with Crippen molar-refractivity contribution >= 4 is 5.91 Å². The van der Waals surface area contributed by atoms with E-state index in [1.54, 1.807) is 30.3 Å². The molecule has 0 unspecified atom stereocenters. The van der Waals surface area contributed by atoms with Crippen molar-refractivity contribution < 1.29 is 22.4 Å². The lowest BCUT2D eigenvalue weighted by Crippen LogP contribution is -2.62. The molecule has 3 aliphatic rings. The molecule has 8 heteroatoms. The van der Waals surface area contributed by atoms with E-state index in [9.17, 15) is 22.4 Å². The van der Waals surface area contributed by atoms with Gasteiger partial charge in [0.1, 0.15) is 5.82 Å². The summed E-state index contributed by atoms with van der Waals surface area (Å²) in [5.41, 5.74) is 0.0908. The molecular weight excluding hydrogens is 494 g/mol. The molecule has 1 saturated carbocycles. The highest BCUT2D eigenvalue weighted by Crippen LogP contribution is 2.51. The molecule has 0 aromatic heterocycles. The van der Waals surface area contributed by atoms with Crippen LogP contribution in [0.1, 0.15) is 69.2 Å². The summed E-state index contributed by atoms with van der Waals surface area (Å²) in [6, 6.07) is 12.4. The number of benzene rings is 2. The summed E-state index contributed by atoms with van der Waals surface area (Å²) in [7, 11) is 0. The quantitative estimate of drug-likeness (QED) is 0.441. The van der Waals surface area contributed by atoms with Crippen molar-refractivity contribution in [3.8, 4) is 0 Å². The molecule has 0 radical (unpaired) electrons. The summed E-state index contributed by atoms with van der Waals surface area (Å²) < 4.78 is 53.4. The van der Waals surface area contributed by atoms with Crippen LogP contribution in [0.3, 0.4) is 0 Å². The lowest BCUT2D eigenvalue weighted by Gasteiger charge is -2.52. The van der Waals surface area contributed by atoms with E-state index >= 15 is 0 Å². The smallest absolute Gasteiger partial charge is 0.342 e. The van der Waals surface area contributed by atoms with E-state index in [4.69, 9.17) is 0 Å². The van der Waals surface area contributed by atoms with Crippen molar-refractivity contribution in [2.45, 2.75) is 75.7 Å². The zero-order valence-corrected chi connectivity index (χ0v) is 22.4. The molecule has 0 N–H and O–H groups in total. The molecule has 5 rings (SSSR count). The molecule has 2 aromatic carbocycles. The summed E-state index contributed by atoms with van der Waals surface area (Å²) in [6.07, 6.45) is -1.18. The number of carbonyl (C=O) groups excluding carboxylic acids is 1. The van der Waals surface area contributed by atoms with Crippen molar-refractivity contribution in [2.75, 3.05) is 32.7 Å². The average Bonchev–Trinajstić information content (AvgIpc) is 3.70. The number of alkyl halides is 3. The number of piperazine rings is 1. The summed E-state index contributed by atoms with van der Waals surface area (Å²) in [5.74, 6) is -0.231. The van der Waals surface area contributed by atoms with Gasteiger partial charge in [-0.2, -0.15) is 13.2 Å². The van der Waals surface area contributed by atoms with E-state index in [-0.39, 0.29) is 29.3 Å². The Hall–Kier alpha value is -2.45. The summed E-state index contributed by atoms with van der Waals surface area (Å²) in [5, 5.41) is 0. The fraction of sp³-hybridized carbons (Fsp3) is 0.567. The van der Waals surface area contributed by atoms with Crippen molar-refractivity contribution in [1.82, 2.24) is 14.7 Å². The molecule has 0 bridgehead atoms. The maximum Gasteiger partial charge on any atom is 0.416 e. The predicted molar refractivity (Wildman–Crippen MR) is 139 cm³/mol. The average molecular weight is 532 g/mol. The number of likely N-dealkylation sites (tertiary alicyclic amines) is 1. The summed E-state index contributed by atoms with van der Waals surface area (Å²) in [4.78, 5) is 20.3. The van der Waals surface area contributed by atoms with E-state index < -0.39 is 17.2 Å². The molecule has 2 aromatic rings. The van der Waals surface area contributed by atoms with Crippen molar-refractivity contribution in [2.24, 2.45) is 0 Å². The third-order valence-corrected chi connectivity index (χ3v) is 9.34. The molecule has 3 fully saturated rings. The van der Waals surface area contributed by atoms with Crippen molar-refractivity contribution in [3.63, 3.8) is 0 Å². The summed E-state index contributed by atoms with van der Waals surface area (Å²) >= 11 is 0. The van der Waals surface area contributed by atoms with Crippen LogP contribution in [-0.2, 0) is 16.4 Å². The molecule has 2 aliphatic heterocycles. The minimum absolute atomic E-state index is 0.0230. The van der Waals surface area contributed by atoms with Gasteiger partial charge in [-0.25, -0.2) is 4.39 Å². The number of nitrogens with zero attached hydrogens (tertiary/aromatic N) is 3. The van der Waals surface area contributed by atoms with Crippen LogP contribution in [0, 0.1) is 5.82 Å². The first-order valence-electron chi connectivity index (χ1n) is 13.7. The number of amides is 1. The Kier molecular flexibility index (Phi) is 7.10. The topological polar surface area (TPSA) is 26.8 Å². The number of halogens is 4. The molecule has 206 valence electrons. The molecule has 4 nitrogen and oxygen atoms in total. The van der Waals surface area contributed by atoms with Gasteiger partial charge in [0.05, 0.1) is 11.0 Å². The molecule has 2 heterocycles. The van der Waals surface area contributed by atoms with Crippen LogP contribution < -0.4 is 0 Å². The van der Waals surface area contributed by atoms with E-state index in [2.05, 4.69) is 30.6 Å². The Morgan fingerprint density at radius 2 is 1.58 bits per heavy atom. The first kappa shape index (κ1) is 27.1. The normalized spacial score (nSPS) is 24.7. The zero-order chi connectivity index (χ0) is 27.3. The van der Waals surface area contributed by atoms with Crippen LogP contribution in [-0.4, -0.2) is 64.9 Å². The molecule has 2 atom stereocenters. The second-order valence-corrected chi connectivity index (χ2v) is 11.7. The Morgan fingerprint density at radius 1 is 0.947 bits per heavy atom. The van der Waals surface area contributed by atoms with Crippen LogP contribution >= 0.6 is 0 Å². The third kappa shape index (κ3) is 4.97. The highest BCUT2D eigenvalue weighted by atomic mass is 19.4. The van der Waals surface area contributed by atoms with Gasteiger partial charge in [0.2, 0.25) is 5.91 Å². The Bertz CT molecular complexity index is 1150. The van der Waals surface area contributed by atoms with Gasteiger partial charge in [-0.05, 0) is 70.2 Å². The van der Waals surface area contributed by atoms with Gasteiger partial charge >= 0.3 is 6.18 Å². The first-order chi connectivity index (χ1) is 17.9. The Balaban J connectivity index is 1.18. The molecule has 38 heavy (non-hydrogen) atoms. The van der Waals surface area contributed by atoms with E-state index in [1.807, 2.05) is 4.90 Å². The van der Waals surface area contributed by atoms with Crippen LogP contribution in [0.2, 0.25) is 0 Å². The number of carbonyl (C=O) groups is 1. The maximum absolute atomic E-state index is 14.5.